The summed E-state index contributed by atoms with van der Waals surface area (Å²) in [5.41, 5.74) is 5.49. The Morgan fingerprint density at radius 3 is 2.39 bits per heavy atom. The number of nitrogens with zero attached hydrogens (tertiary/aromatic N) is 3. The predicted octanol–water partition coefficient (Wildman–Crippen LogP) is 4.68. The second-order valence-corrected chi connectivity index (χ2v) is 9.25. The molecular weight excluding hydrogens is 497 g/mol. The van der Waals surface area contributed by atoms with Crippen LogP contribution in [0.15, 0.2) is 47.7 Å². The highest BCUT2D eigenvalue weighted by molar-refractivity contribution is 14.0. The standard InChI is InChI=1S/C25H37N5.HI/c1-19-18-27-14-10-20(19)11-15-28-24(26-5)29-22-12-16-30(17-13-22)23-8-6-21(7-9-23)25(2,3)4;/h6-10,14,18,22H,11-13,15-17H2,1-5H3,(H2,26,28,29);1H. The maximum Gasteiger partial charge on any atom is 0.191 e. The van der Waals surface area contributed by atoms with Gasteiger partial charge >= 0.3 is 0 Å². The van der Waals surface area contributed by atoms with Crippen molar-refractivity contribution in [2.45, 2.75) is 58.4 Å². The summed E-state index contributed by atoms with van der Waals surface area (Å²) in [5.74, 6) is 0.898. The van der Waals surface area contributed by atoms with Crippen molar-refractivity contribution in [2.24, 2.45) is 4.99 Å². The lowest BCUT2D eigenvalue weighted by atomic mass is 9.87. The molecule has 0 aliphatic carbocycles. The van der Waals surface area contributed by atoms with E-state index in [0.29, 0.717) is 6.04 Å². The number of halogens is 1. The van der Waals surface area contributed by atoms with E-state index in [0.717, 1.165) is 44.9 Å². The molecule has 1 aliphatic heterocycles. The normalized spacial score (nSPS) is 15.4. The van der Waals surface area contributed by atoms with Gasteiger partial charge in [0.15, 0.2) is 5.96 Å². The summed E-state index contributed by atoms with van der Waals surface area (Å²) in [7, 11) is 1.85. The van der Waals surface area contributed by atoms with Gasteiger partial charge in [-0.2, -0.15) is 0 Å². The van der Waals surface area contributed by atoms with Gasteiger partial charge in [-0.1, -0.05) is 32.9 Å². The summed E-state index contributed by atoms with van der Waals surface area (Å²) in [6.07, 6.45) is 6.99. The Morgan fingerprint density at radius 2 is 1.81 bits per heavy atom. The van der Waals surface area contributed by atoms with E-state index in [1.54, 1.807) is 0 Å². The molecule has 0 spiro atoms. The van der Waals surface area contributed by atoms with Crippen molar-refractivity contribution in [1.82, 2.24) is 15.6 Å². The van der Waals surface area contributed by atoms with Crippen LogP contribution in [-0.4, -0.2) is 43.7 Å². The number of benzene rings is 1. The third-order valence-corrected chi connectivity index (χ3v) is 5.98. The molecule has 6 heteroatoms. The molecule has 2 heterocycles. The highest BCUT2D eigenvalue weighted by Crippen LogP contribution is 2.26. The molecule has 2 N–H and O–H groups in total. The minimum atomic E-state index is 0. The third kappa shape index (κ3) is 7.37. The summed E-state index contributed by atoms with van der Waals surface area (Å²) in [5, 5.41) is 7.07. The van der Waals surface area contributed by atoms with E-state index < -0.39 is 0 Å². The van der Waals surface area contributed by atoms with Crippen molar-refractivity contribution >= 4 is 35.6 Å². The summed E-state index contributed by atoms with van der Waals surface area (Å²) in [6.45, 7) is 11.9. The molecule has 0 amide bonds. The van der Waals surface area contributed by atoms with Crippen molar-refractivity contribution in [3.05, 3.63) is 59.4 Å². The van der Waals surface area contributed by atoms with Crippen LogP contribution in [0.4, 0.5) is 5.69 Å². The SMILES string of the molecule is CN=C(NCCc1ccncc1C)NC1CCN(c2ccc(C(C)(C)C)cc2)CC1.I. The summed E-state index contributed by atoms with van der Waals surface area (Å²) in [4.78, 5) is 11.1. The van der Waals surface area contributed by atoms with Crippen molar-refractivity contribution in [3.63, 3.8) is 0 Å². The first kappa shape index (κ1) is 25.4. The van der Waals surface area contributed by atoms with Crippen LogP contribution in [0.25, 0.3) is 0 Å². The molecule has 0 bridgehead atoms. The van der Waals surface area contributed by atoms with Crippen molar-refractivity contribution in [1.29, 1.82) is 0 Å². The molecule has 1 saturated heterocycles. The first-order valence-corrected chi connectivity index (χ1v) is 11.1. The van der Waals surface area contributed by atoms with Crippen LogP contribution in [-0.2, 0) is 11.8 Å². The number of guanidine groups is 1. The van der Waals surface area contributed by atoms with Gasteiger partial charge in [-0.25, -0.2) is 0 Å². The molecule has 0 atom stereocenters. The number of hydrogen-bond donors (Lipinski definition) is 2. The van der Waals surface area contributed by atoms with Gasteiger partial charge in [0, 0.05) is 50.8 Å². The highest BCUT2D eigenvalue weighted by atomic mass is 127. The number of rotatable bonds is 5. The van der Waals surface area contributed by atoms with Crippen molar-refractivity contribution < 1.29 is 0 Å². The van der Waals surface area contributed by atoms with Gasteiger partial charge in [-0.05, 0) is 66.5 Å². The van der Waals surface area contributed by atoms with Gasteiger partial charge in [0.05, 0.1) is 0 Å². The summed E-state index contributed by atoms with van der Waals surface area (Å²) >= 11 is 0. The molecule has 2 aromatic rings. The zero-order valence-electron chi connectivity index (χ0n) is 19.6. The van der Waals surface area contributed by atoms with Gasteiger partial charge < -0.3 is 15.5 Å². The number of aryl methyl sites for hydroxylation is 1. The molecule has 1 aliphatic rings. The lowest BCUT2D eigenvalue weighted by Gasteiger charge is -2.35. The van der Waals surface area contributed by atoms with E-state index in [1.807, 2.05) is 19.4 Å². The average Bonchev–Trinajstić information content (AvgIpc) is 2.74. The van der Waals surface area contributed by atoms with Gasteiger partial charge in [0.25, 0.3) is 0 Å². The molecule has 0 radical (unpaired) electrons. The largest absolute Gasteiger partial charge is 0.371 e. The van der Waals surface area contributed by atoms with Crippen LogP contribution in [0.5, 0.6) is 0 Å². The Balaban J connectivity index is 0.00000341. The van der Waals surface area contributed by atoms with Crippen LogP contribution in [0.1, 0.15) is 50.3 Å². The number of hydrogen-bond acceptors (Lipinski definition) is 3. The quantitative estimate of drug-likeness (QED) is 0.332. The number of piperidine rings is 1. The molecular formula is C25H38IN5. The van der Waals surface area contributed by atoms with E-state index in [1.165, 1.54) is 22.4 Å². The average molecular weight is 536 g/mol. The van der Waals surface area contributed by atoms with Crippen LogP contribution in [0, 0.1) is 6.92 Å². The smallest absolute Gasteiger partial charge is 0.191 e. The van der Waals surface area contributed by atoms with Crippen molar-refractivity contribution in [3.8, 4) is 0 Å². The fourth-order valence-electron chi connectivity index (χ4n) is 3.94. The summed E-state index contributed by atoms with van der Waals surface area (Å²) in [6, 6.07) is 11.7. The van der Waals surface area contributed by atoms with Crippen LogP contribution >= 0.6 is 24.0 Å². The molecule has 3 rings (SSSR count). The molecule has 0 saturated carbocycles. The minimum Gasteiger partial charge on any atom is -0.371 e. The fraction of sp³-hybridized carbons (Fsp3) is 0.520. The number of aromatic nitrogens is 1. The number of anilines is 1. The topological polar surface area (TPSA) is 52.6 Å². The molecule has 170 valence electrons. The maximum atomic E-state index is 4.41. The predicted molar refractivity (Wildman–Crippen MR) is 143 cm³/mol. The Kier molecular flexibility index (Phi) is 9.59. The second-order valence-electron chi connectivity index (χ2n) is 9.25. The lowest BCUT2D eigenvalue weighted by molar-refractivity contribution is 0.461. The first-order valence-electron chi connectivity index (χ1n) is 11.1. The Morgan fingerprint density at radius 1 is 1.13 bits per heavy atom. The lowest BCUT2D eigenvalue weighted by Crippen LogP contribution is -2.49. The Hall–Kier alpha value is -1.83. The monoisotopic (exact) mass is 535 g/mol. The molecule has 0 unspecified atom stereocenters. The number of pyridine rings is 1. The minimum absolute atomic E-state index is 0. The second kappa shape index (κ2) is 11.7. The Labute approximate surface area is 205 Å². The molecule has 1 fully saturated rings. The molecule has 1 aromatic carbocycles. The van der Waals surface area contributed by atoms with Gasteiger partial charge in [0.2, 0.25) is 0 Å². The van der Waals surface area contributed by atoms with Crippen LogP contribution < -0.4 is 15.5 Å². The van der Waals surface area contributed by atoms with E-state index in [2.05, 4.69) is 83.5 Å². The highest BCUT2D eigenvalue weighted by Gasteiger charge is 2.21. The summed E-state index contributed by atoms with van der Waals surface area (Å²) < 4.78 is 0. The number of aliphatic imine (C=N–C) groups is 1. The van der Waals surface area contributed by atoms with Crippen molar-refractivity contribution in [2.75, 3.05) is 31.6 Å². The van der Waals surface area contributed by atoms with E-state index >= 15 is 0 Å². The Bertz CT molecular complexity index is 834. The zero-order valence-corrected chi connectivity index (χ0v) is 21.9. The van der Waals surface area contributed by atoms with Gasteiger partial charge in [-0.3, -0.25) is 9.98 Å². The van der Waals surface area contributed by atoms with E-state index in [9.17, 15) is 0 Å². The first-order chi connectivity index (χ1) is 14.4. The molecule has 31 heavy (non-hydrogen) atoms. The number of nitrogens with one attached hydrogen (secondary N) is 2. The third-order valence-electron chi connectivity index (χ3n) is 5.98. The maximum absolute atomic E-state index is 4.41. The molecule has 5 nitrogen and oxygen atoms in total. The molecule has 1 aromatic heterocycles. The van der Waals surface area contributed by atoms with E-state index in [4.69, 9.17) is 0 Å². The van der Waals surface area contributed by atoms with Gasteiger partial charge in [0.1, 0.15) is 0 Å². The van der Waals surface area contributed by atoms with Crippen LogP contribution in [0.2, 0.25) is 0 Å². The van der Waals surface area contributed by atoms with Gasteiger partial charge in [-0.15, -0.1) is 24.0 Å². The van der Waals surface area contributed by atoms with E-state index in [-0.39, 0.29) is 29.4 Å². The fourth-order valence-corrected chi connectivity index (χ4v) is 3.94. The van der Waals surface area contributed by atoms with Crippen LogP contribution in [0.3, 0.4) is 0 Å². The zero-order chi connectivity index (χ0) is 21.6.